The summed E-state index contributed by atoms with van der Waals surface area (Å²) in [5.41, 5.74) is 0.444. The fourth-order valence-electron chi connectivity index (χ4n) is 1.97. The van der Waals surface area contributed by atoms with E-state index in [9.17, 15) is 4.79 Å². The van der Waals surface area contributed by atoms with E-state index in [4.69, 9.17) is 4.74 Å². The van der Waals surface area contributed by atoms with Crippen molar-refractivity contribution in [2.45, 2.75) is 58.3 Å². The van der Waals surface area contributed by atoms with Crippen LogP contribution in [0.4, 0.5) is 0 Å². The van der Waals surface area contributed by atoms with Crippen LogP contribution in [0.25, 0.3) is 0 Å². The Kier molecular flexibility index (Phi) is 8.69. The number of aromatic nitrogens is 1. The fraction of sp³-hybridized carbons (Fsp3) is 0.625. The second-order valence-corrected chi connectivity index (χ2v) is 4.86. The van der Waals surface area contributed by atoms with Crippen molar-refractivity contribution >= 4 is 6.29 Å². The second-order valence-electron chi connectivity index (χ2n) is 4.86. The quantitative estimate of drug-likeness (QED) is 0.438. The molecule has 0 radical (unpaired) electrons. The number of carbonyl (C=O) groups is 1. The van der Waals surface area contributed by atoms with E-state index in [-0.39, 0.29) is 0 Å². The van der Waals surface area contributed by atoms with E-state index in [0.717, 1.165) is 25.1 Å². The molecule has 1 heterocycles. The Hall–Kier alpha value is -1.38. The molecule has 0 unspecified atom stereocenters. The van der Waals surface area contributed by atoms with Gasteiger partial charge in [-0.3, -0.25) is 4.79 Å². The molecule has 0 fully saturated rings. The summed E-state index contributed by atoms with van der Waals surface area (Å²) in [6.07, 6.45) is 12.7. The van der Waals surface area contributed by atoms with E-state index in [2.05, 4.69) is 11.9 Å². The zero-order valence-electron chi connectivity index (χ0n) is 11.9. The van der Waals surface area contributed by atoms with Crippen molar-refractivity contribution in [3.05, 3.63) is 24.0 Å². The first-order chi connectivity index (χ1) is 9.36. The summed E-state index contributed by atoms with van der Waals surface area (Å²) in [5, 5.41) is 0. The van der Waals surface area contributed by atoms with Gasteiger partial charge in [-0.25, -0.2) is 4.98 Å². The highest BCUT2D eigenvalue weighted by Gasteiger charge is 1.96. The van der Waals surface area contributed by atoms with Gasteiger partial charge in [-0.1, -0.05) is 51.9 Å². The van der Waals surface area contributed by atoms with E-state index in [1.165, 1.54) is 44.9 Å². The van der Waals surface area contributed by atoms with Gasteiger partial charge in [0.25, 0.3) is 0 Å². The Balaban J connectivity index is 1.96. The number of ether oxygens (including phenoxy) is 1. The monoisotopic (exact) mass is 263 g/mol. The maximum atomic E-state index is 10.4. The lowest BCUT2D eigenvalue weighted by atomic mass is 10.1. The summed E-state index contributed by atoms with van der Waals surface area (Å²) in [7, 11) is 0. The minimum Gasteiger partial charge on any atom is -0.492 e. The summed E-state index contributed by atoms with van der Waals surface area (Å²) in [6, 6.07) is 3.47. The Morgan fingerprint density at radius 1 is 1.05 bits per heavy atom. The SMILES string of the molecule is CCCCCCCCCCOc1ccc(C=O)nc1. The third-order valence-corrected chi connectivity index (χ3v) is 3.15. The predicted molar refractivity (Wildman–Crippen MR) is 77.7 cm³/mol. The topological polar surface area (TPSA) is 39.2 Å². The molecule has 3 nitrogen and oxygen atoms in total. The number of pyridine rings is 1. The lowest BCUT2D eigenvalue weighted by Gasteiger charge is -2.05. The fourth-order valence-corrected chi connectivity index (χ4v) is 1.97. The van der Waals surface area contributed by atoms with Gasteiger partial charge in [0.05, 0.1) is 12.8 Å². The molecule has 0 spiro atoms. The molecule has 0 amide bonds. The summed E-state index contributed by atoms with van der Waals surface area (Å²) in [4.78, 5) is 14.4. The zero-order valence-corrected chi connectivity index (χ0v) is 11.9. The molecule has 0 aromatic carbocycles. The summed E-state index contributed by atoms with van der Waals surface area (Å²) in [6.45, 7) is 2.98. The average Bonchev–Trinajstić information content (AvgIpc) is 2.46. The smallest absolute Gasteiger partial charge is 0.168 e. The first-order valence-electron chi connectivity index (χ1n) is 7.41. The van der Waals surface area contributed by atoms with Gasteiger partial charge in [0, 0.05) is 0 Å². The summed E-state index contributed by atoms with van der Waals surface area (Å²) >= 11 is 0. The molecule has 19 heavy (non-hydrogen) atoms. The van der Waals surface area contributed by atoms with Crippen LogP contribution in [-0.2, 0) is 0 Å². The van der Waals surface area contributed by atoms with Gasteiger partial charge in [0.15, 0.2) is 6.29 Å². The summed E-state index contributed by atoms with van der Waals surface area (Å²) < 4.78 is 5.57. The number of nitrogens with zero attached hydrogens (tertiary/aromatic N) is 1. The minimum atomic E-state index is 0.444. The van der Waals surface area contributed by atoms with Crippen LogP contribution in [0.3, 0.4) is 0 Å². The molecular weight excluding hydrogens is 238 g/mol. The van der Waals surface area contributed by atoms with Crippen molar-refractivity contribution in [2.24, 2.45) is 0 Å². The van der Waals surface area contributed by atoms with Crippen molar-refractivity contribution in [3.8, 4) is 5.75 Å². The predicted octanol–water partition coefficient (Wildman–Crippen LogP) is 4.41. The average molecular weight is 263 g/mol. The van der Waals surface area contributed by atoms with Crippen molar-refractivity contribution in [1.29, 1.82) is 0 Å². The number of hydrogen-bond donors (Lipinski definition) is 0. The first-order valence-corrected chi connectivity index (χ1v) is 7.41. The molecule has 0 aliphatic carbocycles. The molecule has 0 atom stereocenters. The van der Waals surface area contributed by atoms with Gasteiger partial charge in [0.2, 0.25) is 0 Å². The van der Waals surface area contributed by atoms with Crippen LogP contribution in [0.2, 0.25) is 0 Å². The highest BCUT2D eigenvalue weighted by atomic mass is 16.5. The van der Waals surface area contributed by atoms with Gasteiger partial charge in [0.1, 0.15) is 11.4 Å². The first kappa shape index (κ1) is 15.7. The molecule has 106 valence electrons. The highest BCUT2D eigenvalue weighted by molar-refractivity contribution is 5.71. The van der Waals surface area contributed by atoms with Crippen molar-refractivity contribution in [2.75, 3.05) is 6.61 Å². The molecular formula is C16H25NO2. The van der Waals surface area contributed by atoms with Gasteiger partial charge in [-0.2, -0.15) is 0 Å². The van der Waals surface area contributed by atoms with E-state index in [0.29, 0.717) is 5.69 Å². The lowest BCUT2D eigenvalue weighted by Crippen LogP contribution is -1.98. The van der Waals surface area contributed by atoms with Crippen LogP contribution in [-0.4, -0.2) is 17.9 Å². The Morgan fingerprint density at radius 2 is 1.74 bits per heavy atom. The molecule has 1 aromatic heterocycles. The number of unbranched alkanes of at least 4 members (excludes halogenated alkanes) is 7. The van der Waals surface area contributed by atoms with Crippen LogP contribution in [0.15, 0.2) is 18.3 Å². The lowest BCUT2D eigenvalue weighted by molar-refractivity contribution is 0.111. The number of hydrogen-bond acceptors (Lipinski definition) is 3. The second kappa shape index (κ2) is 10.5. The number of carbonyl (C=O) groups excluding carboxylic acids is 1. The molecule has 0 bridgehead atoms. The van der Waals surface area contributed by atoms with Crippen molar-refractivity contribution in [3.63, 3.8) is 0 Å². The Morgan fingerprint density at radius 3 is 2.32 bits per heavy atom. The third-order valence-electron chi connectivity index (χ3n) is 3.15. The molecule has 1 rings (SSSR count). The number of aldehydes is 1. The van der Waals surface area contributed by atoms with Crippen LogP contribution in [0, 0.1) is 0 Å². The van der Waals surface area contributed by atoms with E-state index >= 15 is 0 Å². The third kappa shape index (κ3) is 7.60. The molecule has 3 heteroatoms. The van der Waals surface area contributed by atoms with Crippen LogP contribution in [0.5, 0.6) is 5.75 Å². The normalized spacial score (nSPS) is 10.4. The van der Waals surface area contributed by atoms with Crippen molar-refractivity contribution in [1.82, 2.24) is 4.98 Å². The largest absolute Gasteiger partial charge is 0.492 e. The zero-order chi connectivity index (χ0) is 13.8. The molecule has 1 aromatic rings. The Labute approximate surface area is 116 Å². The molecule has 0 N–H and O–H groups in total. The van der Waals surface area contributed by atoms with Gasteiger partial charge >= 0.3 is 0 Å². The maximum Gasteiger partial charge on any atom is 0.168 e. The summed E-state index contributed by atoms with van der Waals surface area (Å²) in [5.74, 6) is 0.744. The van der Waals surface area contributed by atoms with Crippen LogP contribution < -0.4 is 4.74 Å². The Bertz CT molecular complexity index is 335. The van der Waals surface area contributed by atoms with E-state index in [1.54, 1.807) is 18.3 Å². The maximum absolute atomic E-state index is 10.4. The molecule has 0 saturated carbocycles. The van der Waals surface area contributed by atoms with E-state index < -0.39 is 0 Å². The van der Waals surface area contributed by atoms with Crippen LogP contribution in [0.1, 0.15) is 68.8 Å². The standard InChI is InChI=1S/C16H25NO2/c1-2-3-4-5-6-7-8-9-12-19-16-11-10-15(14-18)17-13-16/h10-11,13-14H,2-9,12H2,1H3. The van der Waals surface area contributed by atoms with Crippen LogP contribution >= 0.6 is 0 Å². The molecule has 0 aliphatic heterocycles. The van der Waals surface area contributed by atoms with Gasteiger partial charge in [-0.05, 0) is 18.6 Å². The minimum absolute atomic E-state index is 0.444. The van der Waals surface area contributed by atoms with Crippen molar-refractivity contribution < 1.29 is 9.53 Å². The highest BCUT2D eigenvalue weighted by Crippen LogP contribution is 2.11. The van der Waals surface area contributed by atoms with Gasteiger partial charge < -0.3 is 4.74 Å². The van der Waals surface area contributed by atoms with E-state index in [1.807, 2.05) is 0 Å². The number of rotatable bonds is 11. The molecule has 0 saturated heterocycles. The van der Waals surface area contributed by atoms with Gasteiger partial charge in [-0.15, -0.1) is 0 Å². The molecule has 0 aliphatic rings.